The number of nitrogens with zero attached hydrogens (tertiary/aromatic N) is 2. The van der Waals surface area contributed by atoms with Gasteiger partial charge in [0.25, 0.3) is 0 Å². The zero-order chi connectivity index (χ0) is 46.2. The lowest BCUT2D eigenvalue weighted by atomic mass is 9.81. The van der Waals surface area contributed by atoms with Crippen LogP contribution < -0.4 is 14.5 Å². The van der Waals surface area contributed by atoms with Crippen molar-refractivity contribution >= 4 is 66.4 Å². The van der Waals surface area contributed by atoms with Gasteiger partial charge in [0.05, 0.1) is 28.4 Å². The summed E-state index contributed by atoms with van der Waals surface area (Å²) in [5.41, 5.74) is 19.2. The average molecular weight is 885 g/mol. The minimum atomic E-state index is -0.240. The van der Waals surface area contributed by atoms with E-state index in [0.717, 1.165) is 67.0 Å². The Labute approximate surface area is 403 Å². The molecule has 0 unspecified atom stereocenters. The van der Waals surface area contributed by atoms with Gasteiger partial charge in [-0.1, -0.05) is 191 Å². The van der Waals surface area contributed by atoms with Crippen LogP contribution in [0.5, 0.6) is 11.5 Å². The fraction of sp³-hybridized carbons (Fsp3) is 0.0909. The minimum Gasteiger partial charge on any atom is -0.456 e. The zero-order valence-electron chi connectivity index (χ0n) is 39.1. The van der Waals surface area contributed by atoms with Crippen molar-refractivity contribution in [2.75, 3.05) is 9.80 Å². The van der Waals surface area contributed by atoms with Crippen molar-refractivity contribution < 1.29 is 4.74 Å². The minimum absolute atomic E-state index is 0.209. The maximum Gasteiger partial charge on any atom is 0.138 e. The first-order chi connectivity index (χ1) is 33.8. The van der Waals surface area contributed by atoms with Crippen molar-refractivity contribution in [1.82, 2.24) is 0 Å². The number of hydrogen-bond donors (Lipinski definition) is 0. The Balaban J connectivity index is 1.01. The van der Waals surface area contributed by atoms with Crippen LogP contribution in [0.2, 0.25) is 0 Å². The summed E-state index contributed by atoms with van der Waals surface area (Å²) in [4.78, 5) is 4.99. The van der Waals surface area contributed by atoms with E-state index in [4.69, 9.17) is 4.74 Å². The van der Waals surface area contributed by atoms with Gasteiger partial charge in [0.15, 0.2) is 0 Å². The van der Waals surface area contributed by atoms with Crippen molar-refractivity contribution in [2.24, 2.45) is 0 Å². The summed E-state index contributed by atoms with van der Waals surface area (Å²) in [6.07, 6.45) is 0. The van der Waals surface area contributed by atoms with E-state index in [9.17, 15) is 0 Å². The van der Waals surface area contributed by atoms with E-state index in [1.165, 1.54) is 66.5 Å². The Morgan fingerprint density at radius 2 is 0.841 bits per heavy atom. The molecule has 1 aliphatic heterocycles. The molecule has 0 spiro atoms. The van der Waals surface area contributed by atoms with Crippen LogP contribution in [0.15, 0.2) is 218 Å². The summed E-state index contributed by atoms with van der Waals surface area (Å²) < 4.78 is 7.30. The zero-order valence-corrected chi connectivity index (χ0v) is 39.1. The highest BCUT2D eigenvalue weighted by molar-refractivity contribution is 6.28. The fourth-order valence-electron chi connectivity index (χ4n) is 12.6. The van der Waals surface area contributed by atoms with Gasteiger partial charge in [0, 0.05) is 49.7 Å². The molecule has 0 radical (unpaired) electrons. The van der Waals surface area contributed by atoms with Gasteiger partial charge in [-0.3, -0.25) is 0 Å². The molecule has 0 atom stereocenters. The number of ether oxygens (including phenoxy) is 1. The number of fused-ring (bicyclic) bond motifs is 6. The first-order valence-electron chi connectivity index (χ1n) is 24.2. The molecule has 0 bridgehead atoms. The van der Waals surface area contributed by atoms with E-state index in [-0.39, 0.29) is 10.8 Å². The summed E-state index contributed by atoms with van der Waals surface area (Å²) in [5, 5.41) is 6.96. The molecule has 0 fully saturated rings. The van der Waals surface area contributed by atoms with E-state index in [1.807, 2.05) is 0 Å². The van der Waals surface area contributed by atoms with Crippen molar-refractivity contribution in [2.45, 2.75) is 38.5 Å². The predicted octanol–water partition coefficient (Wildman–Crippen LogP) is 18.5. The SMILES string of the molecule is CC1(C)c2ccccc2-c2cccc(N(c3cc4c5c(ccc6cc(N(c7ccccc7)c7cccc8c7C(C)(C)c7ccccc7-8)c7cccc(c7c65)O4)c3)c3ccccc3-c3ccccc3)c21. The molecule has 11 aromatic rings. The lowest BCUT2D eigenvalue weighted by molar-refractivity contribution is 0.493. The predicted molar refractivity (Wildman–Crippen MR) is 289 cm³/mol. The Kier molecular flexibility index (Phi) is 8.38. The van der Waals surface area contributed by atoms with Gasteiger partial charge >= 0.3 is 0 Å². The molecule has 1 heterocycles. The number of para-hydroxylation sites is 2. The highest BCUT2D eigenvalue weighted by Crippen LogP contribution is 2.59. The molecule has 0 saturated carbocycles. The quantitative estimate of drug-likeness (QED) is 0.148. The van der Waals surface area contributed by atoms with Gasteiger partial charge in [-0.15, -0.1) is 0 Å². The van der Waals surface area contributed by atoms with Crippen molar-refractivity contribution in [3.05, 3.63) is 241 Å². The fourth-order valence-corrected chi connectivity index (χ4v) is 12.6. The summed E-state index contributed by atoms with van der Waals surface area (Å²) >= 11 is 0. The van der Waals surface area contributed by atoms with Gasteiger partial charge in [0.1, 0.15) is 11.5 Å². The van der Waals surface area contributed by atoms with E-state index in [0.29, 0.717) is 0 Å². The van der Waals surface area contributed by atoms with Crippen LogP contribution in [-0.2, 0) is 10.8 Å². The molecule has 0 saturated heterocycles. The molecule has 3 heteroatoms. The highest BCUT2D eigenvalue weighted by atomic mass is 16.5. The normalized spacial score (nSPS) is 14.1. The van der Waals surface area contributed by atoms with Crippen LogP contribution in [0, 0.1) is 0 Å². The molecule has 3 aliphatic rings. The first-order valence-corrected chi connectivity index (χ1v) is 24.2. The van der Waals surface area contributed by atoms with Crippen molar-refractivity contribution in [3.8, 4) is 44.9 Å². The largest absolute Gasteiger partial charge is 0.456 e. The molecule has 11 aromatic carbocycles. The third-order valence-electron chi connectivity index (χ3n) is 15.5. The van der Waals surface area contributed by atoms with E-state index in [2.05, 4.69) is 256 Å². The van der Waals surface area contributed by atoms with E-state index >= 15 is 0 Å². The van der Waals surface area contributed by atoms with Crippen LogP contribution in [0.1, 0.15) is 49.9 Å². The molecule has 69 heavy (non-hydrogen) atoms. The van der Waals surface area contributed by atoms with Crippen LogP contribution in [0.3, 0.4) is 0 Å². The van der Waals surface area contributed by atoms with Crippen LogP contribution >= 0.6 is 0 Å². The first kappa shape index (κ1) is 39.7. The van der Waals surface area contributed by atoms with Crippen molar-refractivity contribution in [3.63, 3.8) is 0 Å². The van der Waals surface area contributed by atoms with E-state index < -0.39 is 0 Å². The van der Waals surface area contributed by atoms with E-state index in [1.54, 1.807) is 0 Å². The average Bonchev–Trinajstić information content (AvgIpc) is 3.77. The molecule has 328 valence electrons. The molecule has 0 N–H and O–H groups in total. The summed E-state index contributed by atoms with van der Waals surface area (Å²) in [6, 6.07) is 80.3. The van der Waals surface area contributed by atoms with Gasteiger partial charge in [-0.25, -0.2) is 0 Å². The highest BCUT2D eigenvalue weighted by Gasteiger charge is 2.41. The molecule has 0 amide bonds. The third kappa shape index (κ3) is 5.62. The van der Waals surface area contributed by atoms with Crippen molar-refractivity contribution in [1.29, 1.82) is 0 Å². The van der Waals surface area contributed by atoms with Crippen LogP contribution in [0.4, 0.5) is 34.1 Å². The standard InChI is InChI=1S/C66H48N2O/c1-65(2)52-30-14-11-25-47(52)49-27-17-33-55(63(49)65)67(44-22-9-6-10-23-44)57-39-43-37-36-42-38-45(40-59-60(42)61(43)62-51(57)29-19-35-58(62)69-59)68(54-32-16-13-24-46(54)41-20-7-5-8-21-41)56-34-18-28-50-48-26-12-15-31-53(48)66(3,4)64(50)56/h5-40H,1-4H3. The molecule has 0 aromatic heterocycles. The van der Waals surface area contributed by atoms with Gasteiger partial charge in [0.2, 0.25) is 0 Å². The second kappa shape index (κ2) is 14.6. The molecule has 14 rings (SSSR count). The summed E-state index contributed by atoms with van der Waals surface area (Å²) in [6.45, 7) is 9.51. The third-order valence-corrected chi connectivity index (χ3v) is 15.5. The van der Waals surface area contributed by atoms with Crippen LogP contribution in [-0.4, -0.2) is 0 Å². The summed E-state index contributed by atoms with van der Waals surface area (Å²) in [5.74, 6) is 1.72. The lowest BCUT2D eigenvalue weighted by Gasteiger charge is -2.34. The Morgan fingerprint density at radius 3 is 1.49 bits per heavy atom. The molecule has 3 nitrogen and oxygen atoms in total. The Bertz CT molecular complexity index is 3940. The topological polar surface area (TPSA) is 15.7 Å². The molecular weight excluding hydrogens is 837 g/mol. The Morgan fingerprint density at radius 1 is 0.333 bits per heavy atom. The smallest absolute Gasteiger partial charge is 0.138 e. The number of hydrogen-bond acceptors (Lipinski definition) is 3. The second-order valence-electron chi connectivity index (χ2n) is 20.0. The van der Waals surface area contributed by atoms with Gasteiger partial charge in [-0.2, -0.15) is 0 Å². The number of rotatable bonds is 7. The molecule has 2 aliphatic carbocycles. The lowest BCUT2D eigenvalue weighted by Crippen LogP contribution is -2.21. The van der Waals surface area contributed by atoms with Gasteiger partial charge in [-0.05, 0) is 109 Å². The maximum atomic E-state index is 7.30. The summed E-state index contributed by atoms with van der Waals surface area (Å²) in [7, 11) is 0. The van der Waals surface area contributed by atoms with Gasteiger partial charge < -0.3 is 14.5 Å². The number of benzene rings is 11. The number of anilines is 6. The maximum absolute atomic E-state index is 7.30. The van der Waals surface area contributed by atoms with Crippen LogP contribution in [0.25, 0.3) is 65.7 Å². The molecular formula is C66H48N2O. The second-order valence-corrected chi connectivity index (χ2v) is 20.0. The monoisotopic (exact) mass is 884 g/mol. The Hall–Kier alpha value is -8.40.